The Kier molecular flexibility index (Phi) is 9.48. The summed E-state index contributed by atoms with van der Waals surface area (Å²) in [5.74, 6) is 1.39. The van der Waals surface area contributed by atoms with E-state index in [1.807, 2.05) is 7.05 Å². The number of carbonyl (C=O) groups excluding carboxylic acids is 2. The highest BCUT2D eigenvalue weighted by Gasteiger charge is 2.25. The van der Waals surface area contributed by atoms with Crippen LogP contribution in [-0.2, 0) is 4.74 Å². The number of piperidine rings is 1. The van der Waals surface area contributed by atoms with E-state index in [1.54, 1.807) is 24.1 Å². The van der Waals surface area contributed by atoms with Gasteiger partial charge in [0, 0.05) is 39.4 Å². The Morgan fingerprint density at radius 3 is 2.28 bits per heavy atom. The van der Waals surface area contributed by atoms with Gasteiger partial charge < -0.3 is 15.0 Å². The number of benzene rings is 1. The number of carbonyl (C=O) groups is 2. The SMILES string of the molecule is COCC1CCC(CNC(=O)N(C)CC2CCN(CC(=O)c3ccc(F)cc3)CC2)CC1. The lowest BCUT2D eigenvalue weighted by Gasteiger charge is -2.34. The first kappa shape index (κ1) is 24.6. The first-order valence-corrected chi connectivity index (χ1v) is 11.9. The smallest absolute Gasteiger partial charge is 0.317 e. The van der Waals surface area contributed by atoms with Crippen LogP contribution in [0.3, 0.4) is 0 Å². The highest BCUT2D eigenvalue weighted by molar-refractivity contribution is 5.97. The molecule has 1 heterocycles. The lowest BCUT2D eigenvalue weighted by Crippen LogP contribution is -2.45. The van der Waals surface area contributed by atoms with Crippen molar-refractivity contribution >= 4 is 11.8 Å². The summed E-state index contributed by atoms with van der Waals surface area (Å²) in [5, 5.41) is 3.12. The number of Topliss-reactive ketones (excluding diaryl/α,β-unsaturated/α-hetero) is 1. The van der Waals surface area contributed by atoms with Crippen LogP contribution < -0.4 is 5.32 Å². The van der Waals surface area contributed by atoms with Crippen molar-refractivity contribution in [2.75, 3.05) is 53.5 Å². The van der Waals surface area contributed by atoms with Crippen molar-refractivity contribution in [1.82, 2.24) is 15.1 Å². The summed E-state index contributed by atoms with van der Waals surface area (Å²) in [6, 6.07) is 5.75. The van der Waals surface area contributed by atoms with Crippen LogP contribution in [0, 0.1) is 23.6 Å². The molecule has 32 heavy (non-hydrogen) atoms. The highest BCUT2D eigenvalue weighted by atomic mass is 19.1. The van der Waals surface area contributed by atoms with Crippen molar-refractivity contribution in [2.45, 2.75) is 38.5 Å². The maximum Gasteiger partial charge on any atom is 0.317 e. The van der Waals surface area contributed by atoms with Gasteiger partial charge in [-0.25, -0.2) is 9.18 Å². The van der Waals surface area contributed by atoms with E-state index in [2.05, 4.69) is 10.2 Å². The molecule has 0 spiro atoms. The number of urea groups is 1. The Bertz CT molecular complexity index is 726. The van der Waals surface area contributed by atoms with Gasteiger partial charge in [0.05, 0.1) is 6.54 Å². The molecule has 0 radical (unpaired) electrons. The number of nitrogens with zero attached hydrogens (tertiary/aromatic N) is 2. The number of ether oxygens (including phenoxy) is 1. The zero-order chi connectivity index (χ0) is 22.9. The monoisotopic (exact) mass is 447 g/mol. The predicted octanol–water partition coefficient (Wildman–Crippen LogP) is 3.81. The summed E-state index contributed by atoms with van der Waals surface area (Å²) in [6.07, 6.45) is 6.63. The van der Waals surface area contributed by atoms with E-state index in [9.17, 15) is 14.0 Å². The molecule has 1 saturated heterocycles. The van der Waals surface area contributed by atoms with E-state index in [1.165, 1.54) is 25.0 Å². The van der Waals surface area contributed by atoms with Gasteiger partial charge in [-0.1, -0.05) is 0 Å². The molecule has 7 heteroatoms. The number of hydrogen-bond donors (Lipinski definition) is 1. The number of hydrogen-bond acceptors (Lipinski definition) is 4. The normalized spacial score (nSPS) is 22.5. The quantitative estimate of drug-likeness (QED) is 0.585. The van der Waals surface area contributed by atoms with Crippen LogP contribution in [0.5, 0.6) is 0 Å². The molecule has 1 aliphatic carbocycles. The number of rotatable bonds is 9. The Balaban J connectivity index is 1.31. The second-order valence-electron chi connectivity index (χ2n) is 9.56. The van der Waals surface area contributed by atoms with Crippen LogP contribution in [0.1, 0.15) is 48.9 Å². The molecule has 1 N–H and O–H groups in total. The van der Waals surface area contributed by atoms with Crippen LogP contribution in [0.2, 0.25) is 0 Å². The van der Waals surface area contributed by atoms with Crippen LogP contribution in [0.15, 0.2) is 24.3 Å². The zero-order valence-electron chi connectivity index (χ0n) is 19.5. The van der Waals surface area contributed by atoms with Gasteiger partial charge in [-0.15, -0.1) is 0 Å². The van der Waals surface area contributed by atoms with Crippen molar-refractivity contribution in [2.24, 2.45) is 17.8 Å². The lowest BCUT2D eigenvalue weighted by molar-refractivity contribution is 0.0886. The topological polar surface area (TPSA) is 61.9 Å². The largest absolute Gasteiger partial charge is 0.384 e. The second-order valence-corrected chi connectivity index (χ2v) is 9.56. The van der Waals surface area contributed by atoms with Gasteiger partial charge in [-0.05, 0) is 93.6 Å². The molecule has 0 atom stereocenters. The molecule has 1 aliphatic heterocycles. The van der Waals surface area contributed by atoms with Crippen LogP contribution in [0.4, 0.5) is 9.18 Å². The van der Waals surface area contributed by atoms with Crippen molar-refractivity contribution in [1.29, 1.82) is 0 Å². The van der Waals surface area contributed by atoms with E-state index in [0.29, 0.717) is 29.9 Å². The third kappa shape index (κ3) is 7.55. The summed E-state index contributed by atoms with van der Waals surface area (Å²) < 4.78 is 18.3. The van der Waals surface area contributed by atoms with E-state index in [4.69, 9.17) is 4.74 Å². The lowest BCUT2D eigenvalue weighted by atomic mass is 9.82. The molecule has 1 saturated carbocycles. The Morgan fingerprint density at radius 1 is 1.03 bits per heavy atom. The molecular weight excluding hydrogens is 409 g/mol. The molecule has 0 aromatic heterocycles. The number of ketones is 1. The molecule has 3 rings (SSSR count). The van der Waals surface area contributed by atoms with Crippen molar-refractivity contribution in [3.8, 4) is 0 Å². The fourth-order valence-corrected chi connectivity index (χ4v) is 4.93. The minimum Gasteiger partial charge on any atom is -0.384 e. The Morgan fingerprint density at radius 2 is 1.66 bits per heavy atom. The fourth-order valence-electron chi connectivity index (χ4n) is 4.93. The third-order valence-electron chi connectivity index (χ3n) is 7.03. The third-order valence-corrected chi connectivity index (χ3v) is 7.03. The summed E-state index contributed by atoms with van der Waals surface area (Å²) in [6.45, 7) is 4.40. The number of methoxy groups -OCH3 is 1. The molecule has 1 aromatic rings. The Labute approximate surface area is 191 Å². The first-order valence-electron chi connectivity index (χ1n) is 11.9. The zero-order valence-corrected chi connectivity index (χ0v) is 19.5. The summed E-state index contributed by atoms with van der Waals surface area (Å²) in [5.41, 5.74) is 0.553. The standard InChI is InChI=1S/C25H38FN3O3/c1-28(25(31)27-15-19-3-5-21(6-4-19)18-32-2)16-20-11-13-29(14-12-20)17-24(30)22-7-9-23(26)10-8-22/h7-10,19-21H,3-6,11-18H2,1-2H3,(H,27,31). The van der Waals surface area contributed by atoms with E-state index >= 15 is 0 Å². The summed E-state index contributed by atoms with van der Waals surface area (Å²) in [7, 11) is 3.63. The molecule has 0 bridgehead atoms. The van der Waals surface area contributed by atoms with Gasteiger partial charge >= 0.3 is 6.03 Å². The molecular formula is C25H38FN3O3. The predicted molar refractivity (Wildman–Crippen MR) is 123 cm³/mol. The van der Waals surface area contributed by atoms with Crippen molar-refractivity contribution < 1.29 is 18.7 Å². The Hall–Kier alpha value is -1.99. The van der Waals surface area contributed by atoms with Crippen LogP contribution >= 0.6 is 0 Å². The highest BCUT2D eigenvalue weighted by Crippen LogP contribution is 2.28. The van der Waals surface area contributed by atoms with Gasteiger partial charge in [-0.2, -0.15) is 0 Å². The minimum absolute atomic E-state index is 0.0120. The van der Waals surface area contributed by atoms with Crippen LogP contribution in [0.25, 0.3) is 0 Å². The maximum absolute atomic E-state index is 13.0. The van der Waals surface area contributed by atoms with Gasteiger partial charge in [-0.3, -0.25) is 9.69 Å². The first-order chi connectivity index (χ1) is 15.4. The van der Waals surface area contributed by atoms with Gasteiger partial charge in [0.1, 0.15) is 5.82 Å². The second kappa shape index (κ2) is 12.3. The molecule has 178 valence electrons. The van der Waals surface area contributed by atoms with E-state index in [0.717, 1.165) is 58.5 Å². The van der Waals surface area contributed by atoms with Crippen molar-refractivity contribution in [3.05, 3.63) is 35.6 Å². The fraction of sp³-hybridized carbons (Fsp3) is 0.680. The molecule has 2 aliphatic rings. The van der Waals surface area contributed by atoms with E-state index < -0.39 is 0 Å². The molecule has 1 aromatic carbocycles. The minimum atomic E-state index is -0.329. The number of amides is 2. The van der Waals surface area contributed by atoms with E-state index in [-0.39, 0.29) is 17.6 Å². The number of likely N-dealkylation sites (tertiary alicyclic amines) is 1. The van der Waals surface area contributed by atoms with Gasteiger partial charge in [0.2, 0.25) is 0 Å². The van der Waals surface area contributed by atoms with Gasteiger partial charge in [0.25, 0.3) is 0 Å². The molecule has 0 unspecified atom stereocenters. The summed E-state index contributed by atoms with van der Waals surface area (Å²) >= 11 is 0. The average Bonchev–Trinajstić information content (AvgIpc) is 2.80. The molecule has 2 amide bonds. The summed E-state index contributed by atoms with van der Waals surface area (Å²) in [4.78, 5) is 28.9. The number of halogens is 1. The van der Waals surface area contributed by atoms with Crippen LogP contribution in [-0.4, -0.2) is 75.1 Å². The average molecular weight is 448 g/mol. The maximum atomic E-state index is 13.0. The number of nitrogens with one attached hydrogen (secondary N) is 1. The van der Waals surface area contributed by atoms with Gasteiger partial charge in [0.15, 0.2) is 5.78 Å². The van der Waals surface area contributed by atoms with Crippen molar-refractivity contribution in [3.63, 3.8) is 0 Å². The molecule has 6 nitrogen and oxygen atoms in total. The molecule has 2 fully saturated rings.